The van der Waals surface area contributed by atoms with Gasteiger partial charge in [-0.1, -0.05) is 33.1 Å². The van der Waals surface area contributed by atoms with Gasteiger partial charge in [0.15, 0.2) is 0 Å². The quantitative estimate of drug-likeness (QED) is 0.909. The van der Waals surface area contributed by atoms with Crippen LogP contribution in [0.2, 0.25) is 0 Å². The van der Waals surface area contributed by atoms with Crippen molar-refractivity contribution in [2.45, 2.75) is 77.8 Å². The first-order valence-electron chi connectivity index (χ1n) is 8.54. The number of fused-ring (bicyclic) bond motifs is 1. The molecular formula is C17H29N3. The number of rotatable bonds is 4. The highest BCUT2D eigenvalue weighted by atomic mass is 15.1. The molecule has 0 unspecified atom stereocenters. The van der Waals surface area contributed by atoms with E-state index in [0.29, 0.717) is 0 Å². The van der Waals surface area contributed by atoms with E-state index in [0.717, 1.165) is 31.3 Å². The van der Waals surface area contributed by atoms with Gasteiger partial charge in [0.2, 0.25) is 0 Å². The molecule has 1 saturated carbocycles. The maximum atomic E-state index is 5.05. The lowest BCUT2D eigenvalue weighted by Crippen LogP contribution is -2.25. The molecular weight excluding hydrogens is 246 g/mol. The van der Waals surface area contributed by atoms with Gasteiger partial charge in [-0.2, -0.15) is 0 Å². The summed E-state index contributed by atoms with van der Waals surface area (Å²) in [4.78, 5) is 5.05. The number of imidazole rings is 1. The molecule has 3 nitrogen and oxygen atoms in total. The van der Waals surface area contributed by atoms with Crippen LogP contribution in [0.4, 0.5) is 0 Å². The Kier molecular flexibility index (Phi) is 4.45. The maximum absolute atomic E-state index is 5.05. The highest BCUT2D eigenvalue weighted by Gasteiger charge is 2.26. The van der Waals surface area contributed by atoms with Crippen molar-refractivity contribution in [3.05, 3.63) is 17.2 Å². The van der Waals surface area contributed by atoms with Gasteiger partial charge in [0.05, 0.1) is 5.69 Å². The first-order valence-corrected chi connectivity index (χ1v) is 8.54. The van der Waals surface area contributed by atoms with Crippen LogP contribution in [-0.4, -0.2) is 16.1 Å². The van der Waals surface area contributed by atoms with E-state index >= 15 is 0 Å². The molecule has 20 heavy (non-hydrogen) atoms. The fourth-order valence-electron chi connectivity index (χ4n) is 3.70. The van der Waals surface area contributed by atoms with Gasteiger partial charge in [-0.3, -0.25) is 0 Å². The number of aromatic nitrogens is 2. The zero-order chi connectivity index (χ0) is 13.9. The average molecular weight is 275 g/mol. The fourth-order valence-corrected chi connectivity index (χ4v) is 3.70. The Morgan fingerprint density at radius 1 is 1.25 bits per heavy atom. The van der Waals surface area contributed by atoms with Crippen molar-refractivity contribution in [1.29, 1.82) is 0 Å². The van der Waals surface area contributed by atoms with Gasteiger partial charge in [-0.15, -0.1) is 0 Å². The molecule has 2 heterocycles. The van der Waals surface area contributed by atoms with Crippen molar-refractivity contribution in [3.63, 3.8) is 0 Å². The Morgan fingerprint density at radius 3 is 2.80 bits per heavy atom. The van der Waals surface area contributed by atoms with Crippen LogP contribution in [0.3, 0.4) is 0 Å². The standard InChI is InChI=1S/C17H29N3/c1-13(2)9-11-20-16-8-10-18-12-15(16)19-17(20)14-6-4-3-5-7-14/h13-14,18H,3-12H2,1-2H3. The fraction of sp³-hybridized carbons (Fsp3) is 0.824. The molecule has 0 bridgehead atoms. The third kappa shape index (κ3) is 2.93. The third-order valence-electron chi connectivity index (χ3n) is 4.92. The van der Waals surface area contributed by atoms with Crippen LogP contribution in [0.15, 0.2) is 0 Å². The Balaban J connectivity index is 1.88. The summed E-state index contributed by atoms with van der Waals surface area (Å²) < 4.78 is 2.60. The monoisotopic (exact) mass is 275 g/mol. The summed E-state index contributed by atoms with van der Waals surface area (Å²) in [6.07, 6.45) is 9.35. The van der Waals surface area contributed by atoms with Crippen LogP contribution in [0, 0.1) is 5.92 Å². The van der Waals surface area contributed by atoms with Gasteiger partial charge in [0.25, 0.3) is 0 Å². The second-order valence-corrected chi connectivity index (χ2v) is 6.96. The van der Waals surface area contributed by atoms with Gasteiger partial charge in [0, 0.05) is 37.7 Å². The molecule has 1 fully saturated rings. The van der Waals surface area contributed by atoms with E-state index in [9.17, 15) is 0 Å². The van der Waals surface area contributed by atoms with E-state index in [1.54, 1.807) is 0 Å². The van der Waals surface area contributed by atoms with Crippen molar-refractivity contribution in [3.8, 4) is 0 Å². The zero-order valence-electron chi connectivity index (χ0n) is 13.1. The van der Waals surface area contributed by atoms with Crippen molar-refractivity contribution < 1.29 is 0 Å². The Bertz CT molecular complexity index is 441. The van der Waals surface area contributed by atoms with Gasteiger partial charge in [0.1, 0.15) is 5.82 Å². The summed E-state index contributed by atoms with van der Waals surface area (Å²) in [5, 5.41) is 3.47. The molecule has 1 aromatic rings. The second kappa shape index (κ2) is 6.30. The Morgan fingerprint density at radius 2 is 2.05 bits per heavy atom. The molecule has 0 aromatic carbocycles. The predicted molar refractivity (Wildman–Crippen MR) is 82.9 cm³/mol. The van der Waals surface area contributed by atoms with E-state index in [-0.39, 0.29) is 0 Å². The minimum Gasteiger partial charge on any atom is -0.331 e. The second-order valence-electron chi connectivity index (χ2n) is 6.96. The topological polar surface area (TPSA) is 29.9 Å². The molecule has 1 N–H and O–H groups in total. The van der Waals surface area contributed by atoms with Crippen LogP contribution in [0.1, 0.15) is 75.5 Å². The summed E-state index contributed by atoms with van der Waals surface area (Å²) in [7, 11) is 0. The van der Waals surface area contributed by atoms with Gasteiger partial charge >= 0.3 is 0 Å². The molecule has 3 heteroatoms. The summed E-state index contributed by atoms with van der Waals surface area (Å²) in [6, 6.07) is 0. The van der Waals surface area contributed by atoms with Crippen LogP contribution < -0.4 is 5.32 Å². The van der Waals surface area contributed by atoms with Crippen molar-refractivity contribution >= 4 is 0 Å². The summed E-state index contributed by atoms with van der Waals surface area (Å²) >= 11 is 0. The maximum Gasteiger partial charge on any atom is 0.112 e. The van der Waals surface area contributed by atoms with Gasteiger partial charge < -0.3 is 9.88 Å². The van der Waals surface area contributed by atoms with Crippen LogP contribution in [-0.2, 0) is 19.5 Å². The summed E-state index contributed by atoms with van der Waals surface area (Å²) in [5.41, 5.74) is 2.87. The van der Waals surface area contributed by atoms with E-state index in [1.165, 1.54) is 62.3 Å². The number of nitrogens with one attached hydrogen (secondary N) is 1. The van der Waals surface area contributed by atoms with Crippen LogP contribution in [0.25, 0.3) is 0 Å². The number of hydrogen-bond acceptors (Lipinski definition) is 2. The molecule has 1 aliphatic carbocycles. The highest BCUT2D eigenvalue weighted by molar-refractivity contribution is 5.22. The van der Waals surface area contributed by atoms with Gasteiger partial charge in [-0.05, 0) is 25.2 Å². The normalized spacial score (nSPS) is 20.4. The van der Waals surface area contributed by atoms with E-state index < -0.39 is 0 Å². The first kappa shape index (κ1) is 14.1. The van der Waals surface area contributed by atoms with Gasteiger partial charge in [-0.25, -0.2) is 4.98 Å². The average Bonchev–Trinajstić information content (AvgIpc) is 2.84. The van der Waals surface area contributed by atoms with E-state index in [2.05, 4.69) is 23.7 Å². The molecule has 0 atom stereocenters. The van der Waals surface area contributed by atoms with Crippen LogP contribution >= 0.6 is 0 Å². The lowest BCUT2D eigenvalue weighted by Gasteiger charge is -2.23. The lowest BCUT2D eigenvalue weighted by atomic mass is 9.88. The first-order chi connectivity index (χ1) is 9.75. The number of nitrogens with zero attached hydrogens (tertiary/aromatic N) is 2. The molecule has 112 valence electrons. The molecule has 0 radical (unpaired) electrons. The summed E-state index contributed by atoms with van der Waals surface area (Å²) in [6.45, 7) is 7.91. The molecule has 2 aliphatic rings. The SMILES string of the molecule is CC(C)CCn1c(C2CCCCC2)nc2c1CCNC2. The molecule has 1 aliphatic heterocycles. The lowest BCUT2D eigenvalue weighted by molar-refractivity contribution is 0.403. The zero-order valence-corrected chi connectivity index (χ0v) is 13.1. The van der Waals surface area contributed by atoms with E-state index in [1.807, 2.05) is 0 Å². The van der Waals surface area contributed by atoms with Crippen molar-refractivity contribution in [1.82, 2.24) is 14.9 Å². The Hall–Kier alpha value is -0.830. The van der Waals surface area contributed by atoms with E-state index in [4.69, 9.17) is 4.98 Å². The number of hydrogen-bond donors (Lipinski definition) is 1. The van der Waals surface area contributed by atoms with Crippen LogP contribution in [0.5, 0.6) is 0 Å². The largest absolute Gasteiger partial charge is 0.331 e. The predicted octanol–water partition coefficient (Wildman–Crippen LogP) is 3.62. The molecule has 3 rings (SSSR count). The Labute approximate surface area is 123 Å². The summed E-state index contributed by atoms with van der Waals surface area (Å²) in [5.74, 6) is 2.91. The molecule has 0 spiro atoms. The van der Waals surface area contributed by atoms with Crippen molar-refractivity contribution in [2.75, 3.05) is 6.54 Å². The molecule has 0 amide bonds. The van der Waals surface area contributed by atoms with Crippen molar-refractivity contribution in [2.24, 2.45) is 5.92 Å². The smallest absolute Gasteiger partial charge is 0.112 e. The minimum absolute atomic E-state index is 0.724. The molecule has 0 saturated heterocycles. The molecule has 1 aromatic heterocycles. The minimum atomic E-state index is 0.724. The third-order valence-corrected chi connectivity index (χ3v) is 4.92. The highest BCUT2D eigenvalue weighted by Crippen LogP contribution is 2.34.